The molecule has 5 nitrogen and oxygen atoms in total. The molecule has 0 aliphatic heterocycles. The zero-order valence-electron chi connectivity index (χ0n) is 9.90. The summed E-state index contributed by atoms with van der Waals surface area (Å²) in [5, 5.41) is 11.2. The molecule has 1 aromatic carbocycles. The second kappa shape index (κ2) is 8.11. The van der Waals surface area contributed by atoms with E-state index in [-0.39, 0.29) is 41.0 Å². The van der Waals surface area contributed by atoms with Crippen molar-refractivity contribution >= 4 is 41.4 Å². The van der Waals surface area contributed by atoms with Gasteiger partial charge in [0.05, 0.1) is 12.1 Å². The molecule has 1 amide bonds. The van der Waals surface area contributed by atoms with Gasteiger partial charge in [0.15, 0.2) is 0 Å². The zero-order valence-corrected chi connectivity index (χ0v) is 11.9. The maximum atomic E-state index is 10.6. The summed E-state index contributed by atoms with van der Waals surface area (Å²) in [6.45, 7) is 2.21. The van der Waals surface area contributed by atoms with Gasteiger partial charge in [0.25, 0.3) is 0 Å². The molecule has 1 radical (unpaired) electrons. The van der Waals surface area contributed by atoms with E-state index in [0.717, 1.165) is 0 Å². The minimum atomic E-state index is -0.968. The first-order valence-corrected chi connectivity index (χ1v) is 4.80. The standard InChI is InChI=1S/C11H13NO4.Na/c1-8(13)12-6-7-16-10-4-2-9(3-5-10)11(14)15;/h2-5H,6-7H2,1H3,(H,12,13)(H,14,15);. The van der Waals surface area contributed by atoms with Crippen LogP contribution in [0.2, 0.25) is 0 Å². The van der Waals surface area contributed by atoms with E-state index in [1.807, 2.05) is 0 Å². The van der Waals surface area contributed by atoms with Gasteiger partial charge in [-0.1, -0.05) is 0 Å². The molecule has 0 unspecified atom stereocenters. The van der Waals surface area contributed by atoms with Crippen LogP contribution in [0.3, 0.4) is 0 Å². The van der Waals surface area contributed by atoms with Gasteiger partial charge in [0.1, 0.15) is 12.4 Å². The summed E-state index contributed by atoms with van der Waals surface area (Å²) in [5.74, 6) is -0.495. The van der Waals surface area contributed by atoms with Crippen molar-refractivity contribution in [2.45, 2.75) is 6.92 Å². The number of benzene rings is 1. The second-order valence-electron chi connectivity index (χ2n) is 3.16. The molecule has 0 fully saturated rings. The molecule has 6 heteroatoms. The van der Waals surface area contributed by atoms with E-state index >= 15 is 0 Å². The van der Waals surface area contributed by atoms with Crippen molar-refractivity contribution in [3.8, 4) is 5.75 Å². The molecule has 87 valence electrons. The summed E-state index contributed by atoms with van der Waals surface area (Å²) in [5.41, 5.74) is 0.217. The number of amides is 1. The van der Waals surface area contributed by atoms with Gasteiger partial charge in [-0.25, -0.2) is 4.79 Å². The van der Waals surface area contributed by atoms with Crippen molar-refractivity contribution in [2.75, 3.05) is 13.2 Å². The molecule has 0 aliphatic rings. The number of hydrogen-bond donors (Lipinski definition) is 2. The number of rotatable bonds is 5. The molecule has 2 N–H and O–H groups in total. The fraction of sp³-hybridized carbons (Fsp3) is 0.273. The Kier molecular flexibility index (Phi) is 7.61. The van der Waals surface area contributed by atoms with Crippen molar-refractivity contribution in [3.05, 3.63) is 29.8 Å². The van der Waals surface area contributed by atoms with Crippen LogP contribution in [-0.4, -0.2) is 59.7 Å². The molecular weight excluding hydrogens is 233 g/mol. The predicted molar refractivity (Wildman–Crippen MR) is 63.3 cm³/mol. The summed E-state index contributed by atoms with van der Waals surface area (Å²) in [6, 6.07) is 6.10. The number of ether oxygens (including phenoxy) is 1. The maximum absolute atomic E-state index is 10.6. The van der Waals surface area contributed by atoms with E-state index in [9.17, 15) is 9.59 Å². The third kappa shape index (κ3) is 6.31. The van der Waals surface area contributed by atoms with Crippen LogP contribution in [0.25, 0.3) is 0 Å². The van der Waals surface area contributed by atoms with Crippen LogP contribution in [0.1, 0.15) is 17.3 Å². The van der Waals surface area contributed by atoms with Gasteiger partial charge < -0.3 is 15.2 Å². The van der Waals surface area contributed by atoms with Crippen LogP contribution >= 0.6 is 0 Å². The summed E-state index contributed by atoms with van der Waals surface area (Å²) < 4.78 is 5.28. The molecule has 0 atom stereocenters. The van der Waals surface area contributed by atoms with Gasteiger partial charge in [-0.15, -0.1) is 0 Å². The molecule has 1 rings (SSSR count). The Balaban J connectivity index is 0.00000256. The van der Waals surface area contributed by atoms with Gasteiger partial charge in [-0.3, -0.25) is 4.79 Å². The first-order valence-electron chi connectivity index (χ1n) is 4.80. The van der Waals surface area contributed by atoms with Gasteiger partial charge in [0, 0.05) is 36.5 Å². The monoisotopic (exact) mass is 246 g/mol. The van der Waals surface area contributed by atoms with Crippen molar-refractivity contribution < 1.29 is 19.4 Å². The molecule has 0 aromatic heterocycles. The number of carbonyl (C=O) groups is 2. The van der Waals surface area contributed by atoms with Crippen LogP contribution < -0.4 is 10.1 Å². The molecule has 17 heavy (non-hydrogen) atoms. The number of carboxylic acid groups (broad SMARTS) is 1. The predicted octanol–water partition coefficient (Wildman–Crippen LogP) is 0.519. The van der Waals surface area contributed by atoms with E-state index in [4.69, 9.17) is 9.84 Å². The van der Waals surface area contributed by atoms with Crippen molar-refractivity contribution in [1.82, 2.24) is 5.32 Å². The van der Waals surface area contributed by atoms with E-state index in [0.29, 0.717) is 18.9 Å². The van der Waals surface area contributed by atoms with E-state index < -0.39 is 5.97 Å². The molecule has 0 saturated heterocycles. The normalized spacial score (nSPS) is 9.00. The molecule has 0 bridgehead atoms. The van der Waals surface area contributed by atoms with Gasteiger partial charge in [-0.05, 0) is 24.3 Å². The summed E-state index contributed by atoms with van der Waals surface area (Å²) in [6.07, 6.45) is 0. The zero-order chi connectivity index (χ0) is 12.0. The van der Waals surface area contributed by atoms with E-state index in [1.54, 1.807) is 12.1 Å². The van der Waals surface area contributed by atoms with Gasteiger partial charge in [-0.2, -0.15) is 0 Å². The quantitative estimate of drug-likeness (QED) is 0.586. The Morgan fingerprint density at radius 3 is 2.35 bits per heavy atom. The van der Waals surface area contributed by atoms with Crippen LogP contribution in [-0.2, 0) is 4.79 Å². The van der Waals surface area contributed by atoms with Crippen LogP contribution in [0.15, 0.2) is 24.3 Å². The van der Waals surface area contributed by atoms with E-state index in [1.165, 1.54) is 19.1 Å². The molecule has 1 aromatic rings. The van der Waals surface area contributed by atoms with Gasteiger partial charge in [0.2, 0.25) is 5.91 Å². The summed E-state index contributed by atoms with van der Waals surface area (Å²) in [4.78, 5) is 21.1. The average Bonchev–Trinajstić information content (AvgIpc) is 2.25. The topological polar surface area (TPSA) is 75.6 Å². The molecular formula is C11H13NNaO4. The number of aromatic carboxylic acids is 1. The minimum absolute atomic E-state index is 0. The van der Waals surface area contributed by atoms with Gasteiger partial charge >= 0.3 is 5.97 Å². The number of hydrogen-bond acceptors (Lipinski definition) is 3. The Bertz CT molecular complexity index is 378. The van der Waals surface area contributed by atoms with Crippen molar-refractivity contribution in [3.63, 3.8) is 0 Å². The van der Waals surface area contributed by atoms with Crippen molar-refractivity contribution in [1.29, 1.82) is 0 Å². The summed E-state index contributed by atoms with van der Waals surface area (Å²) in [7, 11) is 0. The molecule has 0 saturated carbocycles. The maximum Gasteiger partial charge on any atom is 0.335 e. The van der Waals surface area contributed by atoms with E-state index in [2.05, 4.69) is 5.32 Å². The van der Waals surface area contributed by atoms with Crippen LogP contribution in [0, 0.1) is 0 Å². The Hall–Kier alpha value is -1.04. The Morgan fingerprint density at radius 2 is 1.88 bits per heavy atom. The number of nitrogens with one attached hydrogen (secondary N) is 1. The van der Waals surface area contributed by atoms with Crippen LogP contribution in [0.5, 0.6) is 5.75 Å². The number of carbonyl (C=O) groups excluding carboxylic acids is 1. The third-order valence-electron chi connectivity index (χ3n) is 1.85. The second-order valence-corrected chi connectivity index (χ2v) is 3.16. The SMILES string of the molecule is CC(=O)NCCOc1ccc(C(=O)O)cc1.[Na]. The first kappa shape index (κ1) is 16.0. The fourth-order valence-corrected chi connectivity index (χ4v) is 1.09. The average molecular weight is 246 g/mol. The largest absolute Gasteiger partial charge is 0.492 e. The smallest absolute Gasteiger partial charge is 0.335 e. The molecule has 0 aliphatic carbocycles. The number of carboxylic acids is 1. The Labute approximate surface area is 121 Å². The fourth-order valence-electron chi connectivity index (χ4n) is 1.09. The summed E-state index contributed by atoms with van der Waals surface area (Å²) >= 11 is 0. The van der Waals surface area contributed by atoms with Crippen LogP contribution in [0.4, 0.5) is 0 Å². The third-order valence-corrected chi connectivity index (χ3v) is 1.85. The minimum Gasteiger partial charge on any atom is -0.492 e. The molecule has 0 heterocycles. The Morgan fingerprint density at radius 1 is 1.29 bits per heavy atom. The first-order chi connectivity index (χ1) is 7.59. The molecule has 0 spiro atoms. The van der Waals surface area contributed by atoms with Crippen molar-refractivity contribution in [2.24, 2.45) is 0 Å².